The zero-order valence-corrected chi connectivity index (χ0v) is 21.7. The second kappa shape index (κ2) is 16.1. The zero-order valence-electron chi connectivity index (χ0n) is 18.8. The molecule has 0 bridgehead atoms. The Morgan fingerprint density at radius 2 is 1.38 bits per heavy atom. The minimum Gasteiger partial charge on any atom is -0.533 e. The Hall–Kier alpha value is -2.66. The van der Waals surface area contributed by atoms with Gasteiger partial charge < -0.3 is 31.4 Å². The molecule has 10 nitrogen and oxygen atoms in total. The summed E-state index contributed by atoms with van der Waals surface area (Å²) in [5.41, 5.74) is 8.87. The Morgan fingerprint density at radius 3 is 1.91 bits per heavy atom. The number of carbonyl (C=O) groups excluding carboxylic acids is 3. The molecule has 0 aromatic heterocycles. The van der Waals surface area contributed by atoms with Gasteiger partial charge in [0.25, 0.3) is 6.47 Å². The average Bonchev–Trinajstić information content (AvgIpc) is 3.14. The summed E-state index contributed by atoms with van der Waals surface area (Å²) < 4.78 is 0. The molecule has 0 fully saturated rings. The van der Waals surface area contributed by atoms with E-state index >= 15 is 0 Å². The second-order valence-corrected chi connectivity index (χ2v) is 6.92. The third-order valence-corrected chi connectivity index (χ3v) is 4.77. The fourth-order valence-electron chi connectivity index (χ4n) is 3.42. The van der Waals surface area contributed by atoms with Crippen molar-refractivity contribution >= 4 is 24.2 Å². The minimum absolute atomic E-state index is 0. The van der Waals surface area contributed by atoms with Gasteiger partial charge in [0.05, 0.1) is 13.1 Å². The van der Waals surface area contributed by atoms with Gasteiger partial charge >= 0.3 is 0 Å². The predicted octanol–water partition coefficient (Wildman–Crippen LogP) is 1.17. The third kappa shape index (κ3) is 8.94. The number of benzene rings is 2. The van der Waals surface area contributed by atoms with Gasteiger partial charge in [-0.3, -0.25) is 19.2 Å². The van der Waals surface area contributed by atoms with Crippen LogP contribution in [0.2, 0.25) is 0 Å². The molecule has 179 valence electrons. The van der Waals surface area contributed by atoms with Crippen molar-refractivity contribution in [3.8, 4) is 11.1 Å². The van der Waals surface area contributed by atoms with E-state index in [-0.39, 0.29) is 70.7 Å². The van der Waals surface area contributed by atoms with Gasteiger partial charge in [-0.25, -0.2) is 0 Å². The summed E-state index contributed by atoms with van der Waals surface area (Å²) in [6.45, 7) is 1.79. The first-order valence-corrected chi connectivity index (χ1v) is 10.4. The molecule has 0 spiro atoms. The summed E-state index contributed by atoms with van der Waals surface area (Å²) in [5.74, 6) is -1.11. The Bertz CT molecular complexity index is 926. The van der Waals surface area contributed by atoms with Crippen molar-refractivity contribution in [2.24, 2.45) is 0 Å². The predicted molar refractivity (Wildman–Crippen MR) is 121 cm³/mol. The van der Waals surface area contributed by atoms with Gasteiger partial charge in [-0.2, -0.15) is 0 Å². The Morgan fingerprint density at radius 1 is 0.912 bits per heavy atom. The van der Waals surface area contributed by atoms with E-state index in [4.69, 9.17) is 14.7 Å². The Balaban J connectivity index is 0.00000137. The van der Waals surface area contributed by atoms with Crippen LogP contribution < -0.4 is 16.0 Å². The molecule has 4 N–H and O–H groups in total. The third-order valence-electron chi connectivity index (χ3n) is 4.77. The van der Waals surface area contributed by atoms with Crippen LogP contribution in [0.15, 0.2) is 48.5 Å². The number of likely N-dealkylation sites (N-methyl/N-ethyl adjacent to an activating group) is 1. The summed E-state index contributed by atoms with van der Waals surface area (Å²) in [5, 5.41) is 14.3. The quantitative estimate of drug-likeness (QED) is 0.201. The topological polar surface area (TPSA) is 148 Å². The summed E-state index contributed by atoms with van der Waals surface area (Å²) >= 11 is 0. The van der Waals surface area contributed by atoms with Crippen molar-refractivity contribution in [3.63, 3.8) is 0 Å². The molecule has 0 aliphatic heterocycles. The van der Waals surface area contributed by atoms with Crippen LogP contribution in [-0.2, 0) is 56.7 Å². The summed E-state index contributed by atoms with van der Waals surface area (Å²) in [4.78, 5) is 48.3. The summed E-state index contributed by atoms with van der Waals surface area (Å²) in [6, 6.07) is 16.4. The molecule has 3 rings (SSSR count). The van der Waals surface area contributed by atoms with E-state index in [1.165, 1.54) is 22.3 Å². The zero-order chi connectivity index (χ0) is 24.1. The van der Waals surface area contributed by atoms with Crippen LogP contribution in [0.25, 0.3) is 16.6 Å². The number of nitrogens with zero attached hydrogens (tertiary/aromatic N) is 1. The van der Waals surface area contributed by atoms with Gasteiger partial charge in [0.2, 0.25) is 17.7 Å². The SMILES string of the molecule is CCNC(=O)CNC(=O)CNC(=O)CO[N-]CC1c2ccccc2-c2ccccc21.O=CO.[Y]. The second-order valence-electron chi connectivity index (χ2n) is 6.92. The number of carbonyl (C=O) groups is 4. The average molecular weight is 544 g/mol. The number of amides is 3. The maximum Gasteiger partial charge on any atom is 0.290 e. The molecule has 0 heterocycles. The Labute approximate surface area is 223 Å². The molecule has 3 amide bonds. The van der Waals surface area contributed by atoms with Crippen molar-refractivity contribution in [3.05, 3.63) is 65.1 Å². The molecule has 1 aliphatic rings. The number of rotatable bonds is 10. The molecule has 2 aromatic rings. The normalized spacial score (nSPS) is 11.0. The molecule has 0 unspecified atom stereocenters. The van der Waals surface area contributed by atoms with Crippen LogP contribution >= 0.6 is 0 Å². The Kier molecular flexibility index (Phi) is 13.9. The standard InChI is InChI=1S/C22H25N4O4.CH2O2.Y/c1-2-23-20(27)12-24-21(28)13-25-22(29)14-30-26-11-19-17-9-5-3-7-15(17)16-8-4-6-10-18(16)19;2-1-3;/h3-10,19H,2,11-14H2,1H3,(H,23,27)(H,24,28)(H,25,29);1H,(H,2,3);/q-1;;. The smallest absolute Gasteiger partial charge is 0.290 e. The molecular formula is C23H27N4O6Y-. The molecule has 0 saturated carbocycles. The molecule has 1 radical (unpaired) electrons. The molecule has 11 heteroatoms. The van der Waals surface area contributed by atoms with E-state index in [2.05, 4.69) is 45.7 Å². The molecule has 0 saturated heterocycles. The van der Waals surface area contributed by atoms with Crippen molar-refractivity contribution in [2.75, 3.05) is 32.8 Å². The number of hydroxylamine groups is 1. The monoisotopic (exact) mass is 544 g/mol. The number of hydrogen-bond acceptors (Lipinski definition) is 5. The van der Waals surface area contributed by atoms with E-state index in [1.807, 2.05) is 24.3 Å². The van der Waals surface area contributed by atoms with Crippen molar-refractivity contribution < 1.29 is 61.8 Å². The van der Waals surface area contributed by atoms with E-state index in [1.54, 1.807) is 6.92 Å². The van der Waals surface area contributed by atoms with E-state index < -0.39 is 11.8 Å². The number of hydrogen-bond donors (Lipinski definition) is 4. The molecule has 1 aliphatic carbocycles. The van der Waals surface area contributed by atoms with Gasteiger partial charge in [-0.05, 0) is 35.1 Å². The first kappa shape index (κ1) is 29.4. The largest absolute Gasteiger partial charge is 0.533 e. The summed E-state index contributed by atoms with van der Waals surface area (Å²) in [6.07, 6.45) is 0. The van der Waals surface area contributed by atoms with Crippen LogP contribution in [0, 0.1) is 0 Å². The molecular weight excluding hydrogens is 517 g/mol. The van der Waals surface area contributed by atoms with E-state index in [0.717, 1.165) is 0 Å². The maximum atomic E-state index is 11.8. The van der Waals surface area contributed by atoms with Crippen LogP contribution in [0.3, 0.4) is 0 Å². The minimum atomic E-state index is -0.459. The van der Waals surface area contributed by atoms with Gasteiger partial charge in [-0.1, -0.05) is 48.5 Å². The fraction of sp³-hybridized carbons (Fsp3) is 0.304. The van der Waals surface area contributed by atoms with E-state index in [9.17, 15) is 14.4 Å². The first-order chi connectivity index (χ1) is 16.0. The van der Waals surface area contributed by atoms with Crippen molar-refractivity contribution in [2.45, 2.75) is 12.8 Å². The van der Waals surface area contributed by atoms with Crippen LogP contribution in [0.5, 0.6) is 0 Å². The first-order valence-electron chi connectivity index (χ1n) is 10.4. The van der Waals surface area contributed by atoms with Crippen LogP contribution in [0.4, 0.5) is 0 Å². The van der Waals surface area contributed by atoms with Gasteiger partial charge in [0.1, 0.15) is 6.61 Å². The molecule has 0 atom stereocenters. The van der Waals surface area contributed by atoms with Crippen molar-refractivity contribution in [1.29, 1.82) is 0 Å². The van der Waals surface area contributed by atoms with E-state index in [0.29, 0.717) is 13.1 Å². The maximum absolute atomic E-state index is 11.8. The van der Waals surface area contributed by atoms with Gasteiger partial charge in [0, 0.05) is 39.3 Å². The van der Waals surface area contributed by atoms with Crippen LogP contribution in [0.1, 0.15) is 24.0 Å². The number of fused-ring (bicyclic) bond motifs is 3. The van der Waals surface area contributed by atoms with Crippen molar-refractivity contribution in [1.82, 2.24) is 16.0 Å². The number of carboxylic acid groups (broad SMARTS) is 1. The molecule has 2 aromatic carbocycles. The van der Waals surface area contributed by atoms with Crippen LogP contribution in [-0.4, -0.2) is 62.1 Å². The van der Waals surface area contributed by atoms with Gasteiger partial charge in [-0.15, -0.1) is 6.54 Å². The fourth-order valence-corrected chi connectivity index (χ4v) is 3.42. The van der Waals surface area contributed by atoms with Gasteiger partial charge in [0.15, 0.2) is 0 Å². The summed E-state index contributed by atoms with van der Waals surface area (Å²) in [7, 11) is 0. The number of nitrogens with one attached hydrogen (secondary N) is 3. The molecule has 34 heavy (non-hydrogen) atoms.